The number of hydrogen-bond donors (Lipinski definition) is 1. The third-order valence-corrected chi connectivity index (χ3v) is 4.25. The lowest BCUT2D eigenvalue weighted by Gasteiger charge is -2.14. The fourth-order valence-electron chi connectivity index (χ4n) is 2.85. The van der Waals surface area contributed by atoms with E-state index in [2.05, 4.69) is 5.32 Å². The third kappa shape index (κ3) is 4.99. The molecule has 3 rings (SSSR count). The number of carbonyl (C=O) groups is 1. The number of ether oxygens (including phenoxy) is 4. The Hall–Kier alpha value is -3.67. The van der Waals surface area contributed by atoms with E-state index in [-0.39, 0.29) is 5.91 Å². The fraction of sp³-hybridized carbons (Fsp3) is 0.174. The van der Waals surface area contributed by atoms with Crippen LogP contribution in [-0.4, -0.2) is 27.2 Å². The summed E-state index contributed by atoms with van der Waals surface area (Å²) in [5, 5.41) is 2.90. The van der Waals surface area contributed by atoms with E-state index >= 15 is 0 Å². The molecular formula is C23H23NO5. The lowest BCUT2D eigenvalue weighted by atomic mass is 10.1. The number of carbonyl (C=O) groups excluding carboxylic acids is 1. The van der Waals surface area contributed by atoms with Crippen molar-refractivity contribution < 1.29 is 23.7 Å². The van der Waals surface area contributed by atoms with Crippen LogP contribution in [0.4, 0.5) is 0 Å². The number of amides is 1. The summed E-state index contributed by atoms with van der Waals surface area (Å²) in [4.78, 5) is 12.6. The maximum absolute atomic E-state index is 12.6. The third-order valence-electron chi connectivity index (χ3n) is 4.25. The largest absolute Gasteiger partial charge is 0.493 e. The Morgan fingerprint density at radius 1 is 0.793 bits per heavy atom. The summed E-state index contributed by atoms with van der Waals surface area (Å²) < 4.78 is 21.8. The second-order valence-electron chi connectivity index (χ2n) is 6.16. The molecule has 0 unspecified atom stereocenters. The maximum Gasteiger partial charge on any atom is 0.251 e. The van der Waals surface area contributed by atoms with Crippen molar-refractivity contribution in [1.29, 1.82) is 0 Å². The zero-order chi connectivity index (χ0) is 20.6. The summed E-state index contributed by atoms with van der Waals surface area (Å²) in [5.74, 6) is 2.68. The van der Waals surface area contributed by atoms with Gasteiger partial charge in [0.25, 0.3) is 5.91 Å². The van der Waals surface area contributed by atoms with Gasteiger partial charge in [-0.25, -0.2) is 0 Å². The SMILES string of the molecule is COc1cc(CNC(=O)c2cccc(Oc3ccccc3)c2)cc(OC)c1OC. The minimum Gasteiger partial charge on any atom is -0.493 e. The highest BCUT2D eigenvalue weighted by Gasteiger charge is 2.14. The maximum atomic E-state index is 12.6. The summed E-state index contributed by atoms with van der Waals surface area (Å²) >= 11 is 0. The molecule has 0 bridgehead atoms. The van der Waals surface area contributed by atoms with E-state index in [1.807, 2.05) is 36.4 Å². The highest BCUT2D eigenvalue weighted by molar-refractivity contribution is 5.94. The molecule has 0 fully saturated rings. The first-order valence-corrected chi connectivity index (χ1v) is 9.04. The average molecular weight is 393 g/mol. The lowest BCUT2D eigenvalue weighted by molar-refractivity contribution is 0.0950. The predicted molar refractivity (Wildman–Crippen MR) is 110 cm³/mol. The first kappa shape index (κ1) is 20.1. The van der Waals surface area contributed by atoms with E-state index in [1.165, 1.54) is 0 Å². The fourth-order valence-corrected chi connectivity index (χ4v) is 2.85. The molecule has 0 aliphatic rings. The van der Waals surface area contributed by atoms with Gasteiger partial charge in [0.1, 0.15) is 11.5 Å². The van der Waals surface area contributed by atoms with Crippen LogP contribution in [0.2, 0.25) is 0 Å². The minimum atomic E-state index is -0.211. The van der Waals surface area contributed by atoms with Crippen LogP contribution < -0.4 is 24.3 Å². The van der Waals surface area contributed by atoms with Crippen LogP contribution in [0.15, 0.2) is 66.7 Å². The molecule has 0 aromatic heterocycles. The van der Waals surface area contributed by atoms with Gasteiger partial charge >= 0.3 is 0 Å². The Morgan fingerprint density at radius 2 is 1.45 bits per heavy atom. The van der Waals surface area contributed by atoms with Gasteiger partial charge in [-0.2, -0.15) is 0 Å². The summed E-state index contributed by atoms with van der Waals surface area (Å²) in [7, 11) is 4.65. The van der Waals surface area contributed by atoms with Gasteiger partial charge in [-0.05, 0) is 48.0 Å². The van der Waals surface area contributed by atoms with Crippen molar-refractivity contribution in [2.45, 2.75) is 6.54 Å². The molecule has 0 spiro atoms. The van der Waals surface area contributed by atoms with Gasteiger partial charge < -0.3 is 24.3 Å². The Labute approximate surface area is 170 Å². The summed E-state index contributed by atoms with van der Waals surface area (Å²) in [6.07, 6.45) is 0. The van der Waals surface area contributed by atoms with Crippen LogP contribution >= 0.6 is 0 Å². The van der Waals surface area contributed by atoms with Crippen molar-refractivity contribution in [2.75, 3.05) is 21.3 Å². The number of hydrogen-bond acceptors (Lipinski definition) is 5. The molecule has 29 heavy (non-hydrogen) atoms. The summed E-state index contributed by atoms with van der Waals surface area (Å²) in [6.45, 7) is 0.305. The van der Waals surface area contributed by atoms with Crippen molar-refractivity contribution in [2.24, 2.45) is 0 Å². The quantitative estimate of drug-likeness (QED) is 0.613. The van der Waals surface area contributed by atoms with Crippen LogP contribution in [0, 0.1) is 0 Å². The van der Waals surface area contributed by atoms with E-state index in [0.717, 1.165) is 5.56 Å². The first-order valence-electron chi connectivity index (χ1n) is 9.04. The topological polar surface area (TPSA) is 66.0 Å². The van der Waals surface area contributed by atoms with Gasteiger partial charge in [0, 0.05) is 12.1 Å². The first-order chi connectivity index (χ1) is 14.1. The molecule has 1 N–H and O–H groups in total. The molecule has 0 saturated carbocycles. The van der Waals surface area contributed by atoms with E-state index < -0.39 is 0 Å². The molecule has 0 heterocycles. The number of benzene rings is 3. The Balaban J connectivity index is 1.70. The number of rotatable bonds is 8. The summed E-state index contributed by atoms with van der Waals surface area (Å²) in [5.41, 5.74) is 1.33. The molecule has 1 amide bonds. The number of methoxy groups -OCH3 is 3. The van der Waals surface area contributed by atoms with Crippen LogP contribution in [0.3, 0.4) is 0 Å². The molecule has 150 valence electrons. The number of para-hydroxylation sites is 1. The Kier molecular flexibility index (Phi) is 6.58. The van der Waals surface area contributed by atoms with E-state index in [0.29, 0.717) is 40.9 Å². The van der Waals surface area contributed by atoms with Gasteiger partial charge in [-0.15, -0.1) is 0 Å². The van der Waals surface area contributed by atoms with Crippen LogP contribution in [0.1, 0.15) is 15.9 Å². The smallest absolute Gasteiger partial charge is 0.251 e. The zero-order valence-electron chi connectivity index (χ0n) is 16.6. The molecule has 0 radical (unpaired) electrons. The van der Waals surface area contributed by atoms with Crippen molar-refractivity contribution in [1.82, 2.24) is 5.32 Å². The van der Waals surface area contributed by atoms with E-state index in [1.54, 1.807) is 51.7 Å². The average Bonchev–Trinajstić information content (AvgIpc) is 2.77. The molecule has 6 nitrogen and oxygen atoms in total. The van der Waals surface area contributed by atoms with Gasteiger partial charge in [0.15, 0.2) is 11.5 Å². The van der Waals surface area contributed by atoms with Gasteiger partial charge in [0.05, 0.1) is 21.3 Å². The highest BCUT2D eigenvalue weighted by Crippen LogP contribution is 2.38. The van der Waals surface area contributed by atoms with Crippen molar-refractivity contribution in [3.05, 3.63) is 77.9 Å². The standard InChI is InChI=1S/C23H23NO5/c1-26-20-12-16(13-21(27-2)22(20)28-3)15-24-23(25)17-8-7-11-19(14-17)29-18-9-5-4-6-10-18/h4-14H,15H2,1-3H3,(H,24,25). The predicted octanol–water partition coefficient (Wildman–Crippen LogP) is 4.43. The molecule has 3 aromatic carbocycles. The molecule has 3 aromatic rings. The van der Waals surface area contributed by atoms with Crippen LogP contribution in [-0.2, 0) is 6.54 Å². The molecule has 0 atom stereocenters. The Bertz CT molecular complexity index is 947. The van der Waals surface area contributed by atoms with Crippen LogP contribution in [0.25, 0.3) is 0 Å². The van der Waals surface area contributed by atoms with Gasteiger partial charge in [-0.3, -0.25) is 4.79 Å². The molecule has 6 heteroatoms. The van der Waals surface area contributed by atoms with Gasteiger partial charge in [-0.1, -0.05) is 24.3 Å². The van der Waals surface area contributed by atoms with Crippen molar-refractivity contribution in [3.63, 3.8) is 0 Å². The Morgan fingerprint density at radius 3 is 2.07 bits per heavy atom. The van der Waals surface area contributed by atoms with Crippen molar-refractivity contribution in [3.8, 4) is 28.7 Å². The second kappa shape index (κ2) is 9.50. The molecule has 0 aliphatic carbocycles. The van der Waals surface area contributed by atoms with Gasteiger partial charge in [0.2, 0.25) is 5.75 Å². The number of nitrogens with one attached hydrogen (secondary N) is 1. The zero-order valence-corrected chi connectivity index (χ0v) is 16.6. The second-order valence-corrected chi connectivity index (χ2v) is 6.16. The minimum absolute atomic E-state index is 0.211. The van der Waals surface area contributed by atoms with E-state index in [4.69, 9.17) is 18.9 Å². The lowest BCUT2D eigenvalue weighted by Crippen LogP contribution is -2.22. The molecular weight excluding hydrogens is 370 g/mol. The normalized spacial score (nSPS) is 10.2. The van der Waals surface area contributed by atoms with E-state index in [9.17, 15) is 4.79 Å². The van der Waals surface area contributed by atoms with Crippen LogP contribution in [0.5, 0.6) is 28.7 Å². The van der Waals surface area contributed by atoms with Crippen molar-refractivity contribution >= 4 is 5.91 Å². The highest BCUT2D eigenvalue weighted by atomic mass is 16.5. The molecule has 0 saturated heterocycles. The monoisotopic (exact) mass is 393 g/mol. The molecule has 0 aliphatic heterocycles. The summed E-state index contributed by atoms with van der Waals surface area (Å²) in [6, 6.07) is 20.1.